The van der Waals surface area contributed by atoms with Crippen LogP contribution in [0.2, 0.25) is 0 Å². The first-order valence-electron chi connectivity index (χ1n) is 7.22. The van der Waals surface area contributed by atoms with Crippen LogP contribution in [-0.2, 0) is 6.54 Å². The Morgan fingerprint density at radius 3 is 2.33 bits per heavy atom. The van der Waals surface area contributed by atoms with E-state index in [0.717, 1.165) is 17.7 Å². The molecule has 3 heteroatoms. The monoisotopic (exact) mass is 286 g/mol. The van der Waals surface area contributed by atoms with E-state index in [1.165, 1.54) is 5.56 Å². The molecule has 1 atom stereocenters. The Balaban J connectivity index is 2.32. The number of rotatable bonds is 5. The first-order valence-corrected chi connectivity index (χ1v) is 7.22. The number of hydrogen-bond donors (Lipinski definition) is 1. The van der Waals surface area contributed by atoms with Gasteiger partial charge in [0, 0.05) is 18.2 Å². The third kappa shape index (κ3) is 3.90. The van der Waals surface area contributed by atoms with Crippen molar-refractivity contribution in [3.8, 4) is 11.1 Å². The summed E-state index contributed by atoms with van der Waals surface area (Å²) < 4.78 is 14.1. The van der Waals surface area contributed by atoms with Gasteiger partial charge >= 0.3 is 0 Å². The molecule has 21 heavy (non-hydrogen) atoms. The summed E-state index contributed by atoms with van der Waals surface area (Å²) in [5, 5.41) is 3.18. The molecular weight excluding hydrogens is 263 g/mol. The van der Waals surface area contributed by atoms with Gasteiger partial charge in [0.05, 0.1) is 0 Å². The molecule has 0 spiro atoms. The average molecular weight is 286 g/mol. The second-order valence-corrected chi connectivity index (χ2v) is 5.68. The zero-order valence-corrected chi connectivity index (χ0v) is 13.2. The Labute approximate surface area is 126 Å². The van der Waals surface area contributed by atoms with Crippen LogP contribution in [0.3, 0.4) is 0 Å². The molecule has 0 amide bonds. The van der Waals surface area contributed by atoms with E-state index in [0.29, 0.717) is 5.56 Å². The second-order valence-electron chi connectivity index (χ2n) is 5.68. The molecule has 2 rings (SSSR count). The lowest BCUT2D eigenvalue weighted by Gasteiger charge is -2.14. The SMILES string of the molecule is CNC(C)c1ccc(F)c(-c2ccc(CN(C)C)cc2)c1. The van der Waals surface area contributed by atoms with Gasteiger partial charge in [-0.2, -0.15) is 0 Å². The third-order valence-electron chi connectivity index (χ3n) is 3.69. The molecule has 2 aromatic carbocycles. The van der Waals surface area contributed by atoms with Crippen LogP contribution in [0.1, 0.15) is 24.1 Å². The molecule has 0 saturated carbocycles. The summed E-state index contributed by atoms with van der Waals surface area (Å²) in [5.74, 6) is -0.178. The van der Waals surface area contributed by atoms with E-state index in [1.54, 1.807) is 6.07 Å². The Morgan fingerprint density at radius 2 is 1.76 bits per heavy atom. The predicted octanol–water partition coefficient (Wildman–Crippen LogP) is 3.83. The minimum Gasteiger partial charge on any atom is -0.313 e. The first-order chi connectivity index (χ1) is 10.0. The highest BCUT2D eigenvalue weighted by Crippen LogP contribution is 2.26. The summed E-state index contributed by atoms with van der Waals surface area (Å²) in [6.07, 6.45) is 0. The van der Waals surface area contributed by atoms with E-state index in [2.05, 4.69) is 29.3 Å². The summed E-state index contributed by atoms with van der Waals surface area (Å²) in [5.41, 5.74) is 3.89. The summed E-state index contributed by atoms with van der Waals surface area (Å²) in [6, 6.07) is 13.6. The number of nitrogens with zero attached hydrogens (tertiary/aromatic N) is 1. The van der Waals surface area contributed by atoms with E-state index in [-0.39, 0.29) is 11.9 Å². The summed E-state index contributed by atoms with van der Waals surface area (Å²) in [7, 11) is 5.98. The fourth-order valence-corrected chi connectivity index (χ4v) is 2.35. The minimum atomic E-state index is -0.178. The highest BCUT2D eigenvalue weighted by molar-refractivity contribution is 5.65. The molecule has 2 aromatic rings. The van der Waals surface area contributed by atoms with Crippen LogP contribution in [0.15, 0.2) is 42.5 Å². The molecule has 0 radical (unpaired) electrons. The zero-order valence-electron chi connectivity index (χ0n) is 13.2. The Kier molecular flexibility index (Phi) is 5.10. The van der Waals surface area contributed by atoms with Gasteiger partial charge in [0.1, 0.15) is 5.82 Å². The van der Waals surface area contributed by atoms with Crippen LogP contribution in [0, 0.1) is 5.82 Å². The molecule has 0 heterocycles. The van der Waals surface area contributed by atoms with Crippen LogP contribution in [-0.4, -0.2) is 26.0 Å². The molecule has 1 N–H and O–H groups in total. The van der Waals surface area contributed by atoms with Crippen molar-refractivity contribution in [2.24, 2.45) is 0 Å². The summed E-state index contributed by atoms with van der Waals surface area (Å²) >= 11 is 0. The van der Waals surface area contributed by atoms with Gasteiger partial charge in [-0.1, -0.05) is 30.3 Å². The third-order valence-corrected chi connectivity index (χ3v) is 3.69. The van der Waals surface area contributed by atoms with Crippen molar-refractivity contribution >= 4 is 0 Å². The molecule has 0 aromatic heterocycles. The molecule has 0 aliphatic rings. The highest BCUT2D eigenvalue weighted by atomic mass is 19.1. The average Bonchev–Trinajstić information content (AvgIpc) is 2.47. The lowest BCUT2D eigenvalue weighted by atomic mass is 9.98. The second kappa shape index (κ2) is 6.83. The van der Waals surface area contributed by atoms with Crippen LogP contribution < -0.4 is 5.32 Å². The topological polar surface area (TPSA) is 15.3 Å². The van der Waals surface area contributed by atoms with E-state index >= 15 is 0 Å². The fourth-order valence-electron chi connectivity index (χ4n) is 2.35. The van der Waals surface area contributed by atoms with E-state index < -0.39 is 0 Å². The van der Waals surface area contributed by atoms with Gasteiger partial charge < -0.3 is 10.2 Å². The van der Waals surface area contributed by atoms with Crippen molar-refractivity contribution in [3.63, 3.8) is 0 Å². The van der Waals surface area contributed by atoms with Crippen molar-refractivity contribution in [2.45, 2.75) is 19.5 Å². The van der Waals surface area contributed by atoms with Crippen molar-refractivity contribution in [2.75, 3.05) is 21.1 Å². The molecule has 112 valence electrons. The molecule has 1 unspecified atom stereocenters. The molecule has 0 bridgehead atoms. The number of halogens is 1. The van der Waals surface area contributed by atoms with Gasteiger partial charge in [0.25, 0.3) is 0 Å². The molecule has 0 aliphatic carbocycles. The van der Waals surface area contributed by atoms with Crippen molar-refractivity contribution in [1.82, 2.24) is 10.2 Å². The molecule has 0 fully saturated rings. The standard InChI is InChI=1S/C18H23FN2/c1-13(20-2)16-9-10-18(19)17(11-16)15-7-5-14(6-8-15)12-21(3)4/h5-11,13,20H,12H2,1-4H3. The van der Waals surface area contributed by atoms with Gasteiger partial charge in [-0.25, -0.2) is 4.39 Å². The summed E-state index contributed by atoms with van der Waals surface area (Å²) in [6.45, 7) is 2.96. The molecular formula is C18H23FN2. The number of hydrogen-bond acceptors (Lipinski definition) is 2. The maximum atomic E-state index is 14.1. The van der Waals surface area contributed by atoms with E-state index in [9.17, 15) is 4.39 Å². The Hall–Kier alpha value is -1.71. The van der Waals surface area contributed by atoms with Crippen molar-refractivity contribution in [3.05, 3.63) is 59.4 Å². The van der Waals surface area contributed by atoms with Gasteiger partial charge in [-0.3, -0.25) is 0 Å². The van der Waals surface area contributed by atoms with Crippen molar-refractivity contribution in [1.29, 1.82) is 0 Å². The molecule has 2 nitrogen and oxygen atoms in total. The fraction of sp³-hybridized carbons (Fsp3) is 0.333. The molecule has 0 aliphatic heterocycles. The van der Waals surface area contributed by atoms with Crippen molar-refractivity contribution < 1.29 is 4.39 Å². The van der Waals surface area contributed by atoms with Crippen LogP contribution in [0.5, 0.6) is 0 Å². The lowest BCUT2D eigenvalue weighted by molar-refractivity contribution is 0.402. The smallest absolute Gasteiger partial charge is 0.131 e. The molecule has 0 saturated heterocycles. The predicted molar refractivity (Wildman–Crippen MR) is 86.7 cm³/mol. The van der Waals surface area contributed by atoms with Crippen LogP contribution in [0.25, 0.3) is 11.1 Å². The van der Waals surface area contributed by atoms with Crippen LogP contribution in [0.4, 0.5) is 4.39 Å². The largest absolute Gasteiger partial charge is 0.313 e. The normalized spacial score (nSPS) is 12.7. The first kappa shape index (κ1) is 15.7. The quantitative estimate of drug-likeness (QED) is 0.898. The van der Waals surface area contributed by atoms with Crippen LogP contribution >= 0.6 is 0 Å². The van der Waals surface area contributed by atoms with E-state index in [4.69, 9.17) is 0 Å². The Bertz CT molecular complexity index is 591. The highest BCUT2D eigenvalue weighted by Gasteiger charge is 2.09. The minimum absolute atomic E-state index is 0.178. The van der Waals surface area contributed by atoms with Gasteiger partial charge in [-0.05, 0) is 56.9 Å². The summed E-state index contributed by atoms with van der Waals surface area (Å²) in [4.78, 5) is 2.12. The number of benzene rings is 2. The number of nitrogens with one attached hydrogen (secondary N) is 1. The lowest BCUT2D eigenvalue weighted by Crippen LogP contribution is -2.12. The zero-order chi connectivity index (χ0) is 15.4. The van der Waals surface area contributed by atoms with Gasteiger partial charge in [0.2, 0.25) is 0 Å². The van der Waals surface area contributed by atoms with Gasteiger partial charge in [0.15, 0.2) is 0 Å². The maximum absolute atomic E-state index is 14.1. The van der Waals surface area contributed by atoms with Gasteiger partial charge in [-0.15, -0.1) is 0 Å². The Morgan fingerprint density at radius 1 is 1.10 bits per heavy atom. The maximum Gasteiger partial charge on any atom is 0.131 e. The van der Waals surface area contributed by atoms with E-state index in [1.807, 2.05) is 45.4 Å².